The summed E-state index contributed by atoms with van der Waals surface area (Å²) in [5.74, 6) is -0.982. The van der Waals surface area contributed by atoms with Crippen molar-refractivity contribution in [2.75, 3.05) is 6.26 Å². The minimum Gasteiger partial charge on any atom is -0.310 e. The lowest BCUT2D eigenvalue weighted by Crippen LogP contribution is -2.50. The number of halogens is 2. The van der Waals surface area contributed by atoms with E-state index in [1.54, 1.807) is 35.8 Å². The third-order valence-electron chi connectivity index (χ3n) is 5.56. The summed E-state index contributed by atoms with van der Waals surface area (Å²) in [4.78, 5) is 29.1. The largest absolute Gasteiger partial charge is 0.310 e. The van der Waals surface area contributed by atoms with Crippen LogP contribution in [0.5, 0.6) is 0 Å². The zero-order valence-electron chi connectivity index (χ0n) is 17.3. The van der Waals surface area contributed by atoms with Crippen LogP contribution < -0.4 is 11.0 Å². The molecule has 11 heteroatoms. The minimum absolute atomic E-state index is 0.0873. The molecular weight excluding hydrogens is 444 g/mol. The SMILES string of the molecule is C[C@@](CCn1cnc2cc(-c3ccc(C(F)F)cc3)ccc2c1=O)(C(=O)N[OH2+])S(C)(=O)=O. The monoisotopic (exact) mass is 466 g/mol. The number of hydroxylamine groups is 1. The van der Waals surface area contributed by atoms with Crippen LogP contribution in [0.3, 0.4) is 0 Å². The van der Waals surface area contributed by atoms with Gasteiger partial charge in [-0.1, -0.05) is 30.3 Å². The smallest absolute Gasteiger partial charge is 0.304 e. The van der Waals surface area contributed by atoms with E-state index in [2.05, 4.69) is 4.98 Å². The molecule has 0 spiro atoms. The van der Waals surface area contributed by atoms with E-state index < -0.39 is 32.5 Å². The number of hydrogen-bond donors (Lipinski definition) is 1. The second-order valence-corrected chi connectivity index (χ2v) is 10.1. The summed E-state index contributed by atoms with van der Waals surface area (Å²) in [6.07, 6.45) is -0.620. The third kappa shape index (κ3) is 4.39. The number of rotatable bonds is 7. The van der Waals surface area contributed by atoms with Crippen LogP contribution in [0.4, 0.5) is 8.78 Å². The molecular formula is C21H22F2N3O5S+. The molecule has 0 radical (unpaired) electrons. The normalized spacial score (nSPS) is 13.8. The lowest BCUT2D eigenvalue weighted by atomic mass is 10.0. The Hall–Kier alpha value is -3.18. The summed E-state index contributed by atoms with van der Waals surface area (Å²) in [5, 5.41) is 7.30. The van der Waals surface area contributed by atoms with Crippen LogP contribution in [0.15, 0.2) is 53.6 Å². The molecule has 0 aliphatic carbocycles. The highest BCUT2D eigenvalue weighted by atomic mass is 32.2. The van der Waals surface area contributed by atoms with Crippen molar-refractivity contribution in [1.82, 2.24) is 15.0 Å². The fourth-order valence-electron chi connectivity index (χ4n) is 3.25. The van der Waals surface area contributed by atoms with Gasteiger partial charge < -0.3 is 5.21 Å². The summed E-state index contributed by atoms with van der Waals surface area (Å²) in [6, 6.07) is 10.7. The topological polar surface area (TPSA) is 121 Å². The van der Waals surface area contributed by atoms with Crippen LogP contribution in [0.1, 0.15) is 25.3 Å². The number of nitrogens with zero attached hydrogens (tertiary/aromatic N) is 2. The van der Waals surface area contributed by atoms with Gasteiger partial charge in [0.15, 0.2) is 14.6 Å². The van der Waals surface area contributed by atoms with Gasteiger partial charge in [0, 0.05) is 18.4 Å². The summed E-state index contributed by atoms with van der Waals surface area (Å²) in [5.41, 5.74) is 2.87. The lowest BCUT2D eigenvalue weighted by molar-refractivity contribution is -0.131. The van der Waals surface area contributed by atoms with Gasteiger partial charge in [-0.2, -0.15) is 0 Å². The van der Waals surface area contributed by atoms with E-state index >= 15 is 0 Å². The Morgan fingerprint density at radius 1 is 1.19 bits per heavy atom. The predicted molar refractivity (Wildman–Crippen MR) is 116 cm³/mol. The molecule has 0 unspecified atom stereocenters. The first-order valence-electron chi connectivity index (χ1n) is 9.52. The van der Waals surface area contributed by atoms with Crippen molar-refractivity contribution in [1.29, 1.82) is 0 Å². The maximum absolute atomic E-state index is 12.9. The van der Waals surface area contributed by atoms with Crippen molar-refractivity contribution >= 4 is 26.6 Å². The molecule has 3 N–H and O–H groups in total. The van der Waals surface area contributed by atoms with Gasteiger partial charge >= 0.3 is 5.91 Å². The molecule has 8 nitrogen and oxygen atoms in total. The van der Waals surface area contributed by atoms with Crippen LogP contribution in [0, 0.1) is 0 Å². The van der Waals surface area contributed by atoms with Crippen LogP contribution in [0.2, 0.25) is 0 Å². The molecule has 0 saturated heterocycles. The average Bonchev–Trinajstić information content (AvgIpc) is 2.76. The second kappa shape index (κ2) is 8.75. The standard InChI is InChI=1S/C21H21F2N3O5S/c1-21(20(28)25-29,32(2,30)31)9-10-26-12-24-17-11-15(7-8-16(17)19(26)27)13-3-5-14(6-4-13)18(22)23/h3-8,11-12,18,29H,9-10H2,1-2H3,(H,25,28)/p+1/t21-/m1/s1. The summed E-state index contributed by atoms with van der Waals surface area (Å²) < 4.78 is 49.1. The van der Waals surface area contributed by atoms with Crippen molar-refractivity contribution < 1.29 is 27.2 Å². The Morgan fingerprint density at radius 3 is 2.38 bits per heavy atom. The van der Waals surface area contributed by atoms with Crippen LogP contribution in [-0.4, -0.2) is 40.1 Å². The molecule has 0 bridgehead atoms. The number of hydrogen-bond acceptors (Lipinski definition) is 5. The number of amides is 1. The zero-order valence-corrected chi connectivity index (χ0v) is 18.1. The Balaban J connectivity index is 1.92. The number of carbonyl (C=O) groups excluding carboxylic acids is 1. The van der Waals surface area contributed by atoms with Crippen molar-refractivity contribution in [2.45, 2.75) is 31.1 Å². The average molecular weight is 466 g/mol. The molecule has 2 aromatic carbocycles. The maximum Gasteiger partial charge on any atom is 0.304 e. The molecule has 32 heavy (non-hydrogen) atoms. The molecule has 0 aliphatic rings. The highest BCUT2D eigenvalue weighted by Gasteiger charge is 2.44. The maximum atomic E-state index is 12.9. The van der Waals surface area contributed by atoms with E-state index in [0.29, 0.717) is 16.6 Å². The Labute approximate surface area is 182 Å². The number of nitrogens with one attached hydrogen (secondary N) is 1. The zero-order chi connectivity index (χ0) is 23.7. The fraction of sp³-hybridized carbons (Fsp3) is 0.286. The van der Waals surface area contributed by atoms with E-state index in [1.165, 1.54) is 30.0 Å². The number of fused-ring (bicyclic) bond motifs is 1. The molecule has 0 aliphatic heterocycles. The molecule has 1 aromatic heterocycles. The molecule has 1 heterocycles. The molecule has 3 aromatic rings. The van der Waals surface area contributed by atoms with Crippen molar-refractivity contribution in [2.24, 2.45) is 0 Å². The van der Waals surface area contributed by atoms with Gasteiger partial charge in [0.25, 0.3) is 12.0 Å². The van der Waals surface area contributed by atoms with Crippen LogP contribution >= 0.6 is 0 Å². The summed E-state index contributed by atoms with van der Waals surface area (Å²) in [6.45, 7) is 1.10. The van der Waals surface area contributed by atoms with E-state index in [1.807, 2.05) is 0 Å². The summed E-state index contributed by atoms with van der Waals surface area (Å²) in [7, 11) is -3.86. The minimum atomic E-state index is -3.86. The lowest BCUT2D eigenvalue weighted by Gasteiger charge is -2.24. The number of alkyl halides is 2. The third-order valence-corrected chi connectivity index (χ3v) is 7.59. The van der Waals surface area contributed by atoms with Gasteiger partial charge in [0.2, 0.25) is 0 Å². The van der Waals surface area contributed by atoms with Gasteiger partial charge in [0.05, 0.1) is 17.2 Å². The van der Waals surface area contributed by atoms with Crippen molar-refractivity contribution in [3.05, 3.63) is 64.7 Å². The molecule has 170 valence electrons. The van der Waals surface area contributed by atoms with Crippen LogP contribution in [-0.2, 0) is 21.2 Å². The Bertz CT molecular complexity index is 1320. The second-order valence-electron chi connectivity index (χ2n) is 7.60. The number of carbonyl (C=O) groups is 1. The highest BCUT2D eigenvalue weighted by Crippen LogP contribution is 2.26. The van der Waals surface area contributed by atoms with E-state index in [-0.39, 0.29) is 23.9 Å². The van der Waals surface area contributed by atoms with E-state index in [4.69, 9.17) is 5.21 Å². The van der Waals surface area contributed by atoms with Gasteiger partial charge in [-0.15, -0.1) is 5.48 Å². The van der Waals surface area contributed by atoms with Crippen molar-refractivity contribution in [3.8, 4) is 11.1 Å². The first-order valence-corrected chi connectivity index (χ1v) is 11.4. The summed E-state index contributed by atoms with van der Waals surface area (Å²) >= 11 is 0. The van der Waals surface area contributed by atoms with Crippen molar-refractivity contribution in [3.63, 3.8) is 0 Å². The van der Waals surface area contributed by atoms with E-state index in [9.17, 15) is 26.8 Å². The predicted octanol–water partition coefficient (Wildman–Crippen LogP) is 1.95. The molecule has 1 atom stereocenters. The number of sulfone groups is 1. The molecule has 1 amide bonds. The van der Waals surface area contributed by atoms with Gasteiger partial charge in [-0.3, -0.25) is 14.2 Å². The number of aromatic nitrogens is 2. The number of aryl methyl sites for hydroxylation is 1. The van der Waals surface area contributed by atoms with Gasteiger partial charge in [0.1, 0.15) is 0 Å². The number of benzene rings is 2. The van der Waals surface area contributed by atoms with E-state index in [0.717, 1.165) is 6.26 Å². The quantitative estimate of drug-likeness (QED) is 0.421. The van der Waals surface area contributed by atoms with Crippen LogP contribution in [0.25, 0.3) is 22.0 Å². The first kappa shape index (κ1) is 23.5. The highest BCUT2D eigenvalue weighted by molar-refractivity contribution is 7.92. The first-order chi connectivity index (χ1) is 15.0. The molecule has 0 fully saturated rings. The van der Waals surface area contributed by atoms with Gasteiger partial charge in [-0.25, -0.2) is 22.2 Å². The molecule has 0 saturated carbocycles. The fourth-order valence-corrected chi connectivity index (χ4v) is 4.10. The van der Waals surface area contributed by atoms with Gasteiger partial charge in [-0.05, 0) is 36.6 Å². The Morgan fingerprint density at radius 2 is 1.81 bits per heavy atom. The Kier molecular flexibility index (Phi) is 6.42. The molecule has 3 rings (SSSR count).